The lowest BCUT2D eigenvalue weighted by molar-refractivity contribution is -0.163. The quantitative estimate of drug-likeness (QED) is 0.658. The molecule has 2 unspecified atom stereocenters. The molecule has 0 aliphatic rings. The van der Waals surface area contributed by atoms with E-state index in [4.69, 9.17) is 21.8 Å². The predicted molar refractivity (Wildman–Crippen MR) is 78.8 cm³/mol. The maximum atomic E-state index is 12.5. The van der Waals surface area contributed by atoms with Crippen LogP contribution in [0.2, 0.25) is 5.02 Å². The number of hydrogen-bond acceptors (Lipinski definition) is 4. The lowest BCUT2D eigenvalue weighted by atomic mass is 9.78. The third-order valence-electron chi connectivity index (χ3n) is 3.34. The van der Waals surface area contributed by atoms with Gasteiger partial charge in [-0.3, -0.25) is 9.59 Å². The smallest absolute Gasteiger partial charge is 0.333 e. The summed E-state index contributed by atoms with van der Waals surface area (Å²) < 4.78 is 0. The van der Waals surface area contributed by atoms with Crippen molar-refractivity contribution < 1.29 is 29.7 Å². The van der Waals surface area contributed by atoms with Crippen LogP contribution in [0.1, 0.15) is 25.3 Å². The molecule has 1 aromatic carbocycles. The maximum absolute atomic E-state index is 12.5. The molecule has 0 aliphatic heterocycles. The molecule has 22 heavy (non-hydrogen) atoms. The third-order valence-corrected chi connectivity index (χ3v) is 3.60. The van der Waals surface area contributed by atoms with Crippen LogP contribution >= 0.6 is 11.6 Å². The van der Waals surface area contributed by atoms with E-state index < -0.39 is 35.7 Å². The topological polar surface area (TPSA) is 112 Å². The summed E-state index contributed by atoms with van der Waals surface area (Å²) in [7, 11) is 0. The summed E-state index contributed by atoms with van der Waals surface area (Å²) in [5, 5.41) is 27.9. The lowest BCUT2D eigenvalue weighted by Gasteiger charge is -2.24. The van der Waals surface area contributed by atoms with Gasteiger partial charge in [0.1, 0.15) is 0 Å². The van der Waals surface area contributed by atoms with E-state index in [1.807, 2.05) is 0 Å². The van der Waals surface area contributed by atoms with Crippen LogP contribution in [-0.2, 0) is 14.4 Å². The third kappa shape index (κ3) is 4.05. The SMILES string of the molecule is CC(C)[C@H](C(=O)C(C(=O)O)C(O)C(=O)O)c1ccc(Cl)cc1. The molecule has 0 saturated carbocycles. The molecule has 0 amide bonds. The van der Waals surface area contributed by atoms with E-state index in [1.165, 1.54) is 0 Å². The van der Waals surface area contributed by atoms with Crippen LogP contribution in [0.3, 0.4) is 0 Å². The molecular weight excluding hydrogens is 312 g/mol. The summed E-state index contributed by atoms with van der Waals surface area (Å²) in [6.45, 7) is 3.42. The first-order valence-electron chi connectivity index (χ1n) is 6.59. The van der Waals surface area contributed by atoms with E-state index in [-0.39, 0.29) is 5.92 Å². The number of ketones is 1. The van der Waals surface area contributed by atoms with E-state index in [0.717, 1.165) is 0 Å². The molecule has 7 heteroatoms. The van der Waals surface area contributed by atoms with Crippen LogP contribution < -0.4 is 0 Å². The molecule has 0 aliphatic carbocycles. The minimum atomic E-state index is -2.29. The fourth-order valence-electron chi connectivity index (χ4n) is 2.30. The standard InChI is InChI=1S/C15H17ClO6/c1-7(2)10(8-3-5-9(16)6-4-8)12(17)11(14(19)20)13(18)15(21)22/h3-7,10-11,13,18H,1-2H3,(H,19,20)(H,21,22)/t10-,11?,13?/m0/s1. The number of halogens is 1. The van der Waals surface area contributed by atoms with Crippen molar-refractivity contribution in [2.75, 3.05) is 0 Å². The molecule has 0 saturated heterocycles. The second-order valence-electron chi connectivity index (χ2n) is 5.27. The number of aliphatic hydroxyl groups is 1. The first-order valence-corrected chi connectivity index (χ1v) is 6.97. The summed E-state index contributed by atoms with van der Waals surface area (Å²) in [6, 6.07) is 6.28. The molecule has 3 N–H and O–H groups in total. The van der Waals surface area contributed by atoms with E-state index in [2.05, 4.69) is 0 Å². The highest BCUT2D eigenvalue weighted by molar-refractivity contribution is 6.30. The normalized spacial score (nSPS) is 15.1. The zero-order valence-corrected chi connectivity index (χ0v) is 12.8. The molecular formula is C15H17ClO6. The highest BCUT2D eigenvalue weighted by Crippen LogP contribution is 2.30. The summed E-state index contributed by atoms with van der Waals surface area (Å²) in [5.74, 6) is -7.43. The molecule has 3 atom stereocenters. The maximum Gasteiger partial charge on any atom is 0.333 e. The number of rotatable bonds is 7. The van der Waals surface area contributed by atoms with Crippen LogP contribution in [0.5, 0.6) is 0 Å². The molecule has 0 radical (unpaired) electrons. The number of carboxylic acids is 2. The summed E-state index contributed by atoms with van der Waals surface area (Å²) in [5.41, 5.74) is 0.522. The number of aliphatic hydroxyl groups excluding tert-OH is 1. The van der Waals surface area contributed by atoms with Crippen LogP contribution in [0.4, 0.5) is 0 Å². The molecule has 6 nitrogen and oxygen atoms in total. The molecule has 120 valence electrons. The van der Waals surface area contributed by atoms with Crippen molar-refractivity contribution in [2.24, 2.45) is 11.8 Å². The zero-order chi connectivity index (χ0) is 17.0. The Balaban J connectivity index is 3.24. The van der Waals surface area contributed by atoms with Gasteiger partial charge in [0, 0.05) is 10.9 Å². The minimum Gasteiger partial charge on any atom is -0.481 e. The average molecular weight is 329 g/mol. The Morgan fingerprint density at radius 3 is 1.86 bits per heavy atom. The monoisotopic (exact) mass is 328 g/mol. The Hall–Kier alpha value is -1.92. The lowest BCUT2D eigenvalue weighted by Crippen LogP contribution is -2.43. The second-order valence-corrected chi connectivity index (χ2v) is 5.71. The predicted octanol–water partition coefficient (Wildman–Crippen LogP) is 1.79. The minimum absolute atomic E-state index is 0.281. The fourth-order valence-corrected chi connectivity index (χ4v) is 2.42. The van der Waals surface area contributed by atoms with Crippen molar-refractivity contribution in [3.8, 4) is 0 Å². The molecule has 0 fully saturated rings. The van der Waals surface area contributed by atoms with Gasteiger partial charge >= 0.3 is 11.9 Å². The molecule has 0 aromatic heterocycles. The fraction of sp³-hybridized carbons (Fsp3) is 0.400. The summed E-state index contributed by atoms with van der Waals surface area (Å²) in [4.78, 5) is 34.6. The average Bonchev–Trinajstić information content (AvgIpc) is 2.40. The number of benzene rings is 1. The van der Waals surface area contributed by atoms with Gasteiger partial charge < -0.3 is 15.3 Å². The number of carbonyl (C=O) groups excluding carboxylic acids is 1. The zero-order valence-electron chi connectivity index (χ0n) is 12.1. The van der Waals surface area contributed by atoms with Crippen molar-refractivity contribution in [1.29, 1.82) is 0 Å². The van der Waals surface area contributed by atoms with E-state index >= 15 is 0 Å². The van der Waals surface area contributed by atoms with Gasteiger partial charge in [-0.15, -0.1) is 0 Å². The van der Waals surface area contributed by atoms with Crippen molar-refractivity contribution in [1.82, 2.24) is 0 Å². The Bertz CT molecular complexity index is 566. The van der Waals surface area contributed by atoms with Crippen LogP contribution in [-0.4, -0.2) is 39.1 Å². The van der Waals surface area contributed by atoms with Crippen molar-refractivity contribution in [3.05, 3.63) is 34.9 Å². The molecule has 0 bridgehead atoms. The highest BCUT2D eigenvalue weighted by atomic mass is 35.5. The molecule has 0 heterocycles. The van der Waals surface area contributed by atoms with Gasteiger partial charge in [-0.25, -0.2) is 4.79 Å². The largest absolute Gasteiger partial charge is 0.481 e. The van der Waals surface area contributed by atoms with Gasteiger partial charge in [0.2, 0.25) is 0 Å². The van der Waals surface area contributed by atoms with Gasteiger partial charge in [0.15, 0.2) is 17.8 Å². The Morgan fingerprint density at radius 1 is 1.00 bits per heavy atom. The first-order chi connectivity index (χ1) is 10.2. The van der Waals surface area contributed by atoms with E-state index in [1.54, 1.807) is 38.1 Å². The van der Waals surface area contributed by atoms with E-state index in [9.17, 15) is 19.5 Å². The molecule has 1 rings (SSSR count). The van der Waals surface area contributed by atoms with Gasteiger partial charge in [0.05, 0.1) is 0 Å². The Morgan fingerprint density at radius 2 is 1.50 bits per heavy atom. The number of carboxylic acid groups (broad SMARTS) is 2. The van der Waals surface area contributed by atoms with E-state index in [0.29, 0.717) is 10.6 Å². The number of aliphatic carboxylic acids is 2. The van der Waals surface area contributed by atoms with Crippen molar-refractivity contribution >= 4 is 29.3 Å². The van der Waals surface area contributed by atoms with Crippen molar-refractivity contribution in [3.63, 3.8) is 0 Å². The summed E-state index contributed by atoms with van der Waals surface area (Å²) in [6.07, 6.45) is -2.29. The second kappa shape index (κ2) is 7.38. The highest BCUT2D eigenvalue weighted by Gasteiger charge is 2.42. The van der Waals surface area contributed by atoms with Crippen LogP contribution in [0, 0.1) is 11.8 Å². The number of carbonyl (C=O) groups is 3. The van der Waals surface area contributed by atoms with Gasteiger partial charge in [-0.2, -0.15) is 0 Å². The van der Waals surface area contributed by atoms with Gasteiger partial charge in [-0.1, -0.05) is 37.6 Å². The summed E-state index contributed by atoms with van der Waals surface area (Å²) >= 11 is 5.78. The molecule has 0 spiro atoms. The number of Topliss-reactive ketones (excluding diaryl/α,β-unsaturated/α-hetero) is 1. The Kier molecular flexibility index (Phi) is 6.08. The van der Waals surface area contributed by atoms with Crippen molar-refractivity contribution in [2.45, 2.75) is 25.9 Å². The Labute approximate surface area is 132 Å². The van der Waals surface area contributed by atoms with Crippen LogP contribution in [0.25, 0.3) is 0 Å². The van der Waals surface area contributed by atoms with Gasteiger partial charge in [-0.05, 0) is 23.6 Å². The first kappa shape index (κ1) is 18.1. The van der Waals surface area contributed by atoms with Crippen LogP contribution in [0.15, 0.2) is 24.3 Å². The molecule has 1 aromatic rings. The number of hydrogen-bond donors (Lipinski definition) is 3. The van der Waals surface area contributed by atoms with Gasteiger partial charge in [0.25, 0.3) is 0 Å².